The molecular formula is C5H12BO7P. The van der Waals surface area contributed by atoms with E-state index in [4.69, 9.17) is 14.5 Å². The number of ether oxygens (including phenoxy) is 1. The quantitative estimate of drug-likeness (QED) is 0.302. The van der Waals surface area contributed by atoms with Gasteiger partial charge in [-0.3, -0.25) is 4.52 Å². The summed E-state index contributed by atoms with van der Waals surface area (Å²) in [5.41, 5.74) is 0. The lowest BCUT2D eigenvalue weighted by molar-refractivity contribution is -0.00874. The molecule has 1 heterocycles. The molecule has 0 aromatic rings. The van der Waals surface area contributed by atoms with Gasteiger partial charge in [0.15, 0.2) is 0 Å². The van der Waals surface area contributed by atoms with E-state index in [1.165, 1.54) is 0 Å². The molecule has 0 saturated carbocycles. The van der Waals surface area contributed by atoms with E-state index in [0.717, 1.165) is 0 Å². The molecular weight excluding hydrogens is 214 g/mol. The van der Waals surface area contributed by atoms with Crippen molar-refractivity contribution in [3.05, 3.63) is 0 Å². The monoisotopic (exact) mass is 226 g/mol. The molecule has 1 saturated heterocycles. The molecule has 1 aliphatic rings. The maximum Gasteiger partial charge on any atom is 0.469 e. The molecule has 9 heteroatoms. The number of phosphoric ester groups is 1. The van der Waals surface area contributed by atoms with Crippen LogP contribution in [0.4, 0.5) is 0 Å². The Morgan fingerprint density at radius 1 is 1.36 bits per heavy atom. The van der Waals surface area contributed by atoms with Gasteiger partial charge in [-0.15, -0.1) is 0 Å². The van der Waals surface area contributed by atoms with E-state index in [1.54, 1.807) is 7.85 Å². The molecule has 4 atom stereocenters. The van der Waals surface area contributed by atoms with Gasteiger partial charge in [-0.05, 0) is 0 Å². The summed E-state index contributed by atoms with van der Waals surface area (Å²) < 4.78 is 19.5. The van der Waals surface area contributed by atoms with Crippen LogP contribution < -0.4 is 0 Å². The van der Waals surface area contributed by atoms with E-state index in [2.05, 4.69) is 4.52 Å². The number of rotatable bonds is 3. The Labute approximate surface area is 81.3 Å². The molecule has 0 aliphatic carbocycles. The molecule has 0 radical (unpaired) electrons. The van der Waals surface area contributed by atoms with Crippen LogP contribution in [0.5, 0.6) is 0 Å². The van der Waals surface area contributed by atoms with Crippen molar-refractivity contribution in [3.8, 4) is 0 Å². The van der Waals surface area contributed by atoms with Gasteiger partial charge in [0.05, 0.1) is 12.6 Å². The van der Waals surface area contributed by atoms with Crippen molar-refractivity contribution < 1.29 is 33.8 Å². The molecule has 14 heavy (non-hydrogen) atoms. The Kier molecular flexibility index (Phi) is 3.71. The second-order valence-electron chi connectivity index (χ2n) is 3.15. The molecule has 1 aliphatic heterocycles. The van der Waals surface area contributed by atoms with E-state index in [1.807, 2.05) is 0 Å². The highest BCUT2D eigenvalue weighted by Gasteiger charge is 2.40. The van der Waals surface area contributed by atoms with Crippen molar-refractivity contribution in [1.82, 2.24) is 0 Å². The average molecular weight is 226 g/mol. The number of hydrogen-bond donors (Lipinski definition) is 4. The maximum absolute atomic E-state index is 10.3. The summed E-state index contributed by atoms with van der Waals surface area (Å²) >= 11 is 0. The second-order valence-corrected chi connectivity index (χ2v) is 4.39. The minimum Gasteiger partial charge on any atom is -0.388 e. The smallest absolute Gasteiger partial charge is 0.388 e. The Hall–Kier alpha value is 0.0549. The van der Waals surface area contributed by atoms with Crippen molar-refractivity contribution in [2.45, 2.75) is 24.3 Å². The lowest BCUT2D eigenvalue weighted by atomic mass is 9.93. The van der Waals surface area contributed by atoms with E-state index < -0.39 is 38.7 Å². The van der Waals surface area contributed by atoms with E-state index in [-0.39, 0.29) is 0 Å². The molecule has 0 amide bonds. The van der Waals surface area contributed by atoms with Crippen LogP contribution >= 0.6 is 7.82 Å². The lowest BCUT2D eigenvalue weighted by Gasteiger charge is -2.14. The third-order valence-electron chi connectivity index (χ3n) is 2.01. The van der Waals surface area contributed by atoms with Gasteiger partial charge >= 0.3 is 7.82 Å². The van der Waals surface area contributed by atoms with Gasteiger partial charge in [0.2, 0.25) is 0 Å². The summed E-state index contributed by atoms with van der Waals surface area (Å²) in [4.78, 5) is 16.8. The molecule has 0 aromatic carbocycles. The van der Waals surface area contributed by atoms with Gasteiger partial charge in [-0.2, -0.15) is 0 Å². The third kappa shape index (κ3) is 3.03. The van der Waals surface area contributed by atoms with Crippen molar-refractivity contribution in [2.75, 3.05) is 6.61 Å². The number of aliphatic hydroxyl groups excluding tert-OH is 2. The molecule has 0 bridgehead atoms. The molecule has 1 rings (SSSR count). The first-order valence-corrected chi connectivity index (χ1v) is 5.56. The second kappa shape index (κ2) is 4.28. The highest BCUT2D eigenvalue weighted by atomic mass is 31.2. The molecule has 0 spiro atoms. The molecule has 4 N–H and O–H groups in total. The maximum atomic E-state index is 10.3. The summed E-state index contributed by atoms with van der Waals surface area (Å²) in [5, 5.41) is 18.6. The van der Waals surface area contributed by atoms with Gasteiger partial charge in [-0.1, -0.05) is 0 Å². The highest BCUT2D eigenvalue weighted by molar-refractivity contribution is 7.46. The molecule has 7 nitrogen and oxygen atoms in total. The average Bonchev–Trinajstić information content (AvgIpc) is 2.28. The molecule has 1 fully saturated rings. The Morgan fingerprint density at radius 3 is 2.29 bits per heavy atom. The normalized spacial score (nSPS) is 38.9. The summed E-state index contributed by atoms with van der Waals surface area (Å²) in [6, 6.07) is -0.574. The summed E-state index contributed by atoms with van der Waals surface area (Å²) in [6.07, 6.45) is -3.15. The first-order chi connectivity index (χ1) is 6.31. The molecule has 82 valence electrons. The van der Waals surface area contributed by atoms with Crippen molar-refractivity contribution in [3.63, 3.8) is 0 Å². The number of hydrogen-bond acceptors (Lipinski definition) is 5. The SMILES string of the molecule is B[C@@H]1O[C@H](COP(=O)(O)O)[C@H](O)[C@@H]1O. The fourth-order valence-corrected chi connectivity index (χ4v) is 1.58. The molecule has 0 unspecified atom stereocenters. The standard InChI is InChI=1S/C5H12BO7P/c6-5-4(8)3(7)2(13-5)1-12-14(9,10)11/h2-5,7-8H,1,6H2,(H2,9,10,11)/t2-,3+,4+,5-/m1/s1. The van der Waals surface area contributed by atoms with E-state index >= 15 is 0 Å². The van der Waals surface area contributed by atoms with Gasteiger partial charge in [0.25, 0.3) is 0 Å². The zero-order chi connectivity index (χ0) is 10.9. The largest absolute Gasteiger partial charge is 0.469 e. The van der Waals surface area contributed by atoms with Crippen LogP contribution in [-0.4, -0.2) is 58.8 Å². The number of phosphoric acid groups is 1. The predicted molar refractivity (Wildman–Crippen MR) is 47.2 cm³/mol. The van der Waals surface area contributed by atoms with Crippen LogP contribution in [0.3, 0.4) is 0 Å². The highest BCUT2D eigenvalue weighted by Crippen LogP contribution is 2.36. The predicted octanol–water partition coefficient (Wildman–Crippen LogP) is -2.82. The third-order valence-corrected chi connectivity index (χ3v) is 2.49. The van der Waals surface area contributed by atoms with Gasteiger partial charge in [0, 0.05) is 0 Å². The fourth-order valence-electron chi connectivity index (χ4n) is 1.24. The van der Waals surface area contributed by atoms with E-state index in [0.29, 0.717) is 0 Å². The van der Waals surface area contributed by atoms with E-state index in [9.17, 15) is 14.8 Å². The first-order valence-electron chi connectivity index (χ1n) is 4.03. The fraction of sp³-hybridized carbons (Fsp3) is 1.00. The van der Waals surface area contributed by atoms with Crippen molar-refractivity contribution in [2.24, 2.45) is 0 Å². The van der Waals surface area contributed by atoms with Crippen molar-refractivity contribution in [1.29, 1.82) is 0 Å². The summed E-state index contributed by atoms with van der Waals surface area (Å²) in [5.74, 6) is 0. The Morgan fingerprint density at radius 2 is 1.93 bits per heavy atom. The number of aliphatic hydroxyl groups is 2. The zero-order valence-electron chi connectivity index (χ0n) is 7.48. The zero-order valence-corrected chi connectivity index (χ0v) is 8.37. The van der Waals surface area contributed by atoms with Crippen LogP contribution in [0.15, 0.2) is 0 Å². The van der Waals surface area contributed by atoms with Gasteiger partial charge in [0.1, 0.15) is 26.2 Å². The minimum absolute atomic E-state index is 0.452. The summed E-state index contributed by atoms with van der Waals surface area (Å²) in [6.45, 7) is -0.452. The van der Waals surface area contributed by atoms with Crippen LogP contribution in [0.2, 0.25) is 0 Å². The molecule has 0 aromatic heterocycles. The van der Waals surface area contributed by atoms with Gasteiger partial charge in [-0.25, -0.2) is 4.57 Å². The van der Waals surface area contributed by atoms with Crippen LogP contribution in [0, 0.1) is 0 Å². The van der Waals surface area contributed by atoms with Gasteiger partial charge < -0.3 is 24.7 Å². The lowest BCUT2D eigenvalue weighted by Crippen LogP contribution is -2.34. The first kappa shape index (κ1) is 12.1. The summed E-state index contributed by atoms with van der Waals surface area (Å²) in [7, 11) is -3.01. The van der Waals surface area contributed by atoms with Crippen LogP contribution in [0.25, 0.3) is 0 Å². The van der Waals surface area contributed by atoms with Crippen LogP contribution in [-0.2, 0) is 13.8 Å². The minimum atomic E-state index is -4.56. The Bertz CT molecular complexity index is 242. The van der Waals surface area contributed by atoms with Crippen LogP contribution in [0.1, 0.15) is 0 Å². The topological polar surface area (TPSA) is 116 Å². The Balaban J connectivity index is 2.44. The van der Waals surface area contributed by atoms with Crippen molar-refractivity contribution >= 4 is 15.7 Å².